The van der Waals surface area contributed by atoms with Gasteiger partial charge in [0.2, 0.25) is 0 Å². The van der Waals surface area contributed by atoms with Crippen molar-refractivity contribution >= 4 is 6.21 Å². The summed E-state index contributed by atoms with van der Waals surface area (Å²) in [6, 6.07) is 5.58. The first kappa shape index (κ1) is 10.4. The molecule has 0 spiro atoms. The molecule has 1 aromatic carbocycles. The number of rotatable bonds is 2. The molecule has 1 aromatic rings. The lowest BCUT2D eigenvalue weighted by Gasteiger charge is -2.10. The molecule has 0 fully saturated rings. The summed E-state index contributed by atoms with van der Waals surface area (Å²) in [5.41, 5.74) is 0.173. The Bertz CT molecular complexity index is 336. The predicted molar refractivity (Wildman–Crippen MR) is 44.9 cm³/mol. The van der Waals surface area contributed by atoms with Crippen LogP contribution in [0.2, 0.25) is 0 Å². The number of hydrogen-bond acceptors (Lipinski definition) is 3. The summed E-state index contributed by atoms with van der Waals surface area (Å²) in [5, 5.41) is 3.12. The molecule has 0 amide bonds. The van der Waals surface area contributed by atoms with Gasteiger partial charge >= 0.3 is 6.36 Å². The van der Waals surface area contributed by atoms with Gasteiger partial charge in [0.05, 0.1) is 6.21 Å². The van der Waals surface area contributed by atoms with Crippen LogP contribution >= 0.6 is 0 Å². The lowest BCUT2D eigenvalue weighted by molar-refractivity contribution is -0.274. The molecule has 0 atom stereocenters. The smallest absolute Gasteiger partial charge is 0.405 e. The predicted octanol–water partition coefficient (Wildman–Crippen LogP) is 1.88. The van der Waals surface area contributed by atoms with Crippen LogP contribution in [0, 0.1) is 0 Å². The van der Waals surface area contributed by atoms with Crippen LogP contribution in [0.25, 0.3) is 0 Å². The van der Waals surface area contributed by atoms with Gasteiger partial charge in [-0.3, -0.25) is 0 Å². The molecule has 0 aliphatic carbocycles. The molecule has 1 rings (SSSR count). The molecule has 0 aromatic heterocycles. The maximum atomic E-state index is 11.9. The van der Waals surface area contributed by atoms with E-state index in [0.29, 0.717) is 0 Å². The number of alkyl halides is 3. The molecule has 3 nitrogen and oxygen atoms in total. The summed E-state index contributed by atoms with van der Waals surface area (Å²) < 4.78 is 39.3. The zero-order chi connectivity index (χ0) is 10.6. The van der Waals surface area contributed by atoms with E-state index in [-0.39, 0.29) is 11.3 Å². The Morgan fingerprint density at radius 2 is 1.93 bits per heavy atom. The van der Waals surface area contributed by atoms with Crippen molar-refractivity contribution in [3.8, 4) is 5.75 Å². The topological polar surface area (TPSA) is 47.6 Å². The maximum Gasteiger partial charge on any atom is 0.573 e. The molecule has 0 unspecified atom stereocenters. The Kier molecular flexibility index (Phi) is 2.95. The Morgan fingerprint density at radius 3 is 2.50 bits per heavy atom. The van der Waals surface area contributed by atoms with Gasteiger partial charge in [0.1, 0.15) is 5.75 Å². The number of nitrogens with zero attached hydrogens (tertiary/aromatic N) is 1. The molecular weight excluding hydrogens is 197 g/mol. The monoisotopic (exact) mass is 204 g/mol. The molecule has 2 N–H and O–H groups in total. The van der Waals surface area contributed by atoms with Crippen molar-refractivity contribution in [2.75, 3.05) is 0 Å². The lowest BCUT2D eigenvalue weighted by Crippen LogP contribution is -2.18. The number of hydrazone groups is 1. The van der Waals surface area contributed by atoms with E-state index in [0.717, 1.165) is 6.21 Å². The Labute approximate surface area is 78.0 Å². The highest BCUT2D eigenvalue weighted by Crippen LogP contribution is 2.24. The molecule has 14 heavy (non-hydrogen) atoms. The standard InChI is InChI=1S/C8H7F3N2O/c9-8(10,11)14-7-4-2-1-3-6(7)5-13-12/h1-5H,12H2. The summed E-state index contributed by atoms with van der Waals surface area (Å²) in [6.07, 6.45) is -3.63. The van der Waals surface area contributed by atoms with Gasteiger partial charge in [0, 0.05) is 5.56 Å². The van der Waals surface area contributed by atoms with Crippen LogP contribution in [-0.4, -0.2) is 12.6 Å². The number of hydrogen-bond donors (Lipinski definition) is 1. The zero-order valence-electron chi connectivity index (χ0n) is 6.95. The van der Waals surface area contributed by atoms with Crippen LogP contribution in [0.4, 0.5) is 13.2 Å². The van der Waals surface area contributed by atoms with Crippen LogP contribution in [0.5, 0.6) is 5.75 Å². The fourth-order valence-corrected chi connectivity index (χ4v) is 0.885. The van der Waals surface area contributed by atoms with Crippen molar-refractivity contribution < 1.29 is 17.9 Å². The van der Waals surface area contributed by atoms with Gasteiger partial charge in [-0.25, -0.2) is 0 Å². The fraction of sp³-hybridized carbons (Fsp3) is 0.125. The van der Waals surface area contributed by atoms with E-state index >= 15 is 0 Å². The summed E-state index contributed by atoms with van der Waals surface area (Å²) in [5.74, 6) is 4.50. The first-order chi connectivity index (χ1) is 6.53. The second-order valence-electron chi connectivity index (χ2n) is 2.36. The van der Waals surface area contributed by atoms with Crippen LogP contribution in [-0.2, 0) is 0 Å². The third-order valence-corrected chi connectivity index (χ3v) is 1.36. The number of nitrogens with two attached hydrogens (primary N) is 1. The normalized spacial score (nSPS) is 11.9. The van der Waals surface area contributed by atoms with Crippen LogP contribution in [0.1, 0.15) is 5.56 Å². The Balaban J connectivity index is 2.96. The second-order valence-corrected chi connectivity index (χ2v) is 2.36. The molecule has 0 saturated heterocycles. The summed E-state index contributed by atoms with van der Waals surface area (Å²) >= 11 is 0. The third-order valence-electron chi connectivity index (χ3n) is 1.36. The number of halogens is 3. The molecule has 0 radical (unpaired) electrons. The van der Waals surface area contributed by atoms with E-state index in [4.69, 9.17) is 5.84 Å². The van der Waals surface area contributed by atoms with Crippen molar-refractivity contribution in [3.63, 3.8) is 0 Å². The number of ether oxygens (including phenoxy) is 1. The fourth-order valence-electron chi connectivity index (χ4n) is 0.885. The van der Waals surface area contributed by atoms with Gasteiger partial charge < -0.3 is 10.6 Å². The summed E-state index contributed by atoms with van der Waals surface area (Å²) in [7, 11) is 0. The molecule has 0 heterocycles. The lowest BCUT2D eigenvalue weighted by atomic mass is 10.2. The Morgan fingerprint density at radius 1 is 1.29 bits per heavy atom. The van der Waals surface area contributed by atoms with Crippen molar-refractivity contribution in [2.24, 2.45) is 10.9 Å². The highest BCUT2D eigenvalue weighted by molar-refractivity contribution is 5.83. The van der Waals surface area contributed by atoms with E-state index in [1.54, 1.807) is 6.07 Å². The first-order valence-corrected chi connectivity index (χ1v) is 3.61. The number of para-hydroxylation sites is 1. The van der Waals surface area contributed by atoms with E-state index < -0.39 is 6.36 Å². The zero-order valence-corrected chi connectivity index (χ0v) is 6.95. The average Bonchev–Trinajstić information content (AvgIpc) is 2.06. The molecule has 6 heteroatoms. The molecule has 76 valence electrons. The van der Waals surface area contributed by atoms with Crippen molar-refractivity contribution in [3.05, 3.63) is 29.8 Å². The molecule has 0 aliphatic heterocycles. The quantitative estimate of drug-likeness (QED) is 0.454. The van der Waals surface area contributed by atoms with E-state index in [2.05, 4.69) is 9.84 Å². The Hall–Kier alpha value is -1.72. The molecule has 0 aliphatic rings. The van der Waals surface area contributed by atoms with Crippen molar-refractivity contribution in [1.29, 1.82) is 0 Å². The van der Waals surface area contributed by atoms with Gasteiger partial charge in [-0.15, -0.1) is 13.2 Å². The minimum Gasteiger partial charge on any atom is -0.405 e. The maximum absolute atomic E-state index is 11.9. The molecule has 0 saturated carbocycles. The van der Waals surface area contributed by atoms with Crippen LogP contribution in [0.3, 0.4) is 0 Å². The minimum absolute atomic E-state index is 0.173. The summed E-state index contributed by atoms with van der Waals surface area (Å²) in [4.78, 5) is 0. The summed E-state index contributed by atoms with van der Waals surface area (Å²) in [6.45, 7) is 0. The van der Waals surface area contributed by atoms with Crippen molar-refractivity contribution in [1.82, 2.24) is 0 Å². The van der Waals surface area contributed by atoms with Gasteiger partial charge in [-0.2, -0.15) is 5.10 Å². The van der Waals surface area contributed by atoms with Gasteiger partial charge in [-0.05, 0) is 12.1 Å². The average molecular weight is 204 g/mol. The highest BCUT2D eigenvalue weighted by Gasteiger charge is 2.31. The van der Waals surface area contributed by atoms with Crippen LogP contribution in [0.15, 0.2) is 29.4 Å². The second kappa shape index (κ2) is 3.99. The third kappa shape index (κ3) is 2.96. The van der Waals surface area contributed by atoms with Crippen LogP contribution < -0.4 is 10.6 Å². The van der Waals surface area contributed by atoms with E-state index in [1.807, 2.05) is 0 Å². The SMILES string of the molecule is NN=Cc1ccccc1OC(F)(F)F. The van der Waals surface area contributed by atoms with E-state index in [9.17, 15) is 13.2 Å². The first-order valence-electron chi connectivity index (χ1n) is 3.61. The molecule has 0 bridgehead atoms. The minimum atomic E-state index is -4.71. The van der Waals surface area contributed by atoms with Crippen molar-refractivity contribution in [2.45, 2.75) is 6.36 Å². The number of benzene rings is 1. The highest BCUT2D eigenvalue weighted by atomic mass is 19.4. The van der Waals surface area contributed by atoms with Gasteiger partial charge in [-0.1, -0.05) is 12.1 Å². The molecular formula is C8H7F3N2O. The largest absolute Gasteiger partial charge is 0.573 e. The van der Waals surface area contributed by atoms with Gasteiger partial charge in [0.25, 0.3) is 0 Å². The van der Waals surface area contributed by atoms with Gasteiger partial charge in [0.15, 0.2) is 0 Å². The van der Waals surface area contributed by atoms with E-state index in [1.165, 1.54) is 18.2 Å².